The molecule has 0 aliphatic carbocycles. The average molecular weight is 1270 g/mol. The Hall–Kier alpha value is -8.93. The molecule has 29 heteroatoms. The number of thiophene rings is 4. The third kappa shape index (κ3) is 16.0. The molecule has 8 heterocycles. The van der Waals surface area contributed by atoms with Crippen molar-refractivity contribution in [3.8, 4) is 17.2 Å². The van der Waals surface area contributed by atoms with Crippen molar-refractivity contribution in [2.24, 2.45) is 48.0 Å². The zero-order valence-electron chi connectivity index (χ0n) is 46.4. The summed E-state index contributed by atoms with van der Waals surface area (Å²) in [6, 6.07) is 24.0. The van der Waals surface area contributed by atoms with Crippen molar-refractivity contribution in [3.05, 3.63) is 141 Å². The minimum absolute atomic E-state index is 0.250. The van der Waals surface area contributed by atoms with Crippen LogP contribution in [-0.4, -0.2) is 71.8 Å². The maximum absolute atomic E-state index is 12.1. The second-order valence-corrected chi connectivity index (χ2v) is 24.9. The first-order chi connectivity index (χ1) is 41.1. The normalized spacial score (nSPS) is 11.2. The molecule has 0 bridgehead atoms. The number of carbonyl (C=O) groups is 1. The summed E-state index contributed by atoms with van der Waals surface area (Å²) in [7, 11) is 5.90. The fourth-order valence-corrected chi connectivity index (χ4v) is 13.0. The molecule has 12 rings (SSSR count). The zero-order chi connectivity index (χ0) is 60.6. The summed E-state index contributed by atoms with van der Waals surface area (Å²) in [6.45, 7) is 10.2. The Morgan fingerprint density at radius 3 is 1.61 bits per heavy atom. The van der Waals surface area contributed by atoms with Crippen molar-refractivity contribution in [1.82, 2.24) is 23.7 Å². The van der Waals surface area contributed by atoms with Gasteiger partial charge in [0.1, 0.15) is 64.6 Å². The van der Waals surface area contributed by atoms with Crippen LogP contribution in [-0.2, 0) is 27.8 Å². The number of aromatic nitrogens is 6. The molecule has 0 radical (unpaired) electrons. The number of benzene rings is 4. The summed E-state index contributed by atoms with van der Waals surface area (Å²) in [5.41, 5.74) is 5.82. The third-order valence-corrected chi connectivity index (χ3v) is 17.6. The van der Waals surface area contributed by atoms with Gasteiger partial charge in [-0.1, -0.05) is 6.92 Å². The quantitative estimate of drug-likeness (QED) is 0.0583. The van der Waals surface area contributed by atoms with Crippen LogP contribution in [0.15, 0.2) is 156 Å². The lowest BCUT2D eigenvalue weighted by molar-refractivity contribution is -0.671. The second kappa shape index (κ2) is 29.5. The van der Waals surface area contributed by atoms with E-state index in [0.29, 0.717) is 32.6 Å². The van der Waals surface area contributed by atoms with Crippen molar-refractivity contribution in [2.45, 2.75) is 41.0 Å². The van der Waals surface area contributed by atoms with Crippen LogP contribution >= 0.6 is 79.7 Å². The van der Waals surface area contributed by atoms with E-state index < -0.39 is 0 Å². The van der Waals surface area contributed by atoms with Gasteiger partial charge in [0, 0.05) is 103 Å². The lowest BCUT2D eigenvalue weighted by Gasteiger charge is -2.14. The van der Waals surface area contributed by atoms with E-state index in [2.05, 4.69) is 64.6 Å². The van der Waals surface area contributed by atoms with Crippen LogP contribution < -0.4 is 9.47 Å². The van der Waals surface area contributed by atoms with E-state index in [1.165, 1.54) is 58.4 Å². The minimum Gasteiger partial charge on any atom is -0.507 e. The van der Waals surface area contributed by atoms with Gasteiger partial charge in [-0.2, -0.15) is 23.5 Å². The van der Waals surface area contributed by atoms with Gasteiger partial charge in [0.2, 0.25) is 15.4 Å². The number of esters is 1. The number of hydrogen-bond donors (Lipinski definition) is 3. The molecule has 0 atom stereocenters. The number of anilines is 1. The number of pyridine rings is 1. The van der Waals surface area contributed by atoms with E-state index in [1.807, 2.05) is 125 Å². The number of thiazole rings is 1. The van der Waals surface area contributed by atoms with Gasteiger partial charge >= 0.3 is 12.1 Å². The smallest absolute Gasteiger partial charge is 0.373 e. The Morgan fingerprint density at radius 1 is 0.600 bits per heavy atom. The van der Waals surface area contributed by atoms with E-state index >= 15 is 0 Å². The lowest BCUT2D eigenvalue weighted by Crippen LogP contribution is -2.25. The van der Waals surface area contributed by atoms with Crippen molar-refractivity contribution in [3.63, 3.8) is 0 Å². The van der Waals surface area contributed by atoms with E-state index in [1.54, 1.807) is 77.5 Å². The van der Waals surface area contributed by atoms with Gasteiger partial charge in [0.05, 0.1) is 31.1 Å². The summed E-state index contributed by atoms with van der Waals surface area (Å²) < 4.78 is 18.6. The Kier molecular flexibility index (Phi) is 21.6. The first-order valence-electron chi connectivity index (χ1n) is 25.2. The summed E-state index contributed by atoms with van der Waals surface area (Å²) in [5, 5.41) is 70.3. The van der Waals surface area contributed by atoms with Crippen molar-refractivity contribution < 1.29 is 39.0 Å². The van der Waals surface area contributed by atoms with Gasteiger partial charge in [0.15, 0.2) is 12.4 Å². The Balaban J connectivity index is 0.000000147. The molecular formula is C56H50N15O7S7+. The molecule has 0 saturated heterocycles. The monoisotopic (exact) mass is 1270 g/mol. The van der Waals surface area contributed by atoms with Crippen LogP contribution in [0.1, 0.15) is 43.7 Å². The van der Waals surface area contributed by atoms with Crippen LogP contribution in [0.25, 0.3) is 40.3 Å². The van der Waals surface area contributed by atoms with Crippen LogP contribution in [0.5, 0.6) is 17.2 Å². The topological polar surface area (TPSA) is 292 Å². The van der Waals surface area contributed by atoms with Gasteiger partial charge in [0.25, 0.3) is 0 Å². The number of ether oxygens (including phenoxy) is 1. The Labute approximate surface area is 513 Å². The number of rotatable bonds is 12. The van der Waals surface area contributed by atoms with Crippen molar-refractivity contribution in [2.75, 3.05) is 25.6 Å². The summed E-state index contributed by atoms with van der Waals surface area (Å²) in [6.07, 6.45) is 9.47. The molecule has 0 spiro atoms. The first-order valence-corrected chi connectivity index (χ1v) is 30.9. The van der Waals surface area contributed by atoms with Crippen LogP contribution in [0.3, 0.4) is 0 Å². The molecule has 3 N–H and O–H groups in total. The standard InChI is InChI=1S/C19H21N4O2S.C13H12N4OS2.C12H9N3OS2.C11H8N4OS2.CO2/c1-5-25-19(24)17-12-14-16(22(2)3)7-6-15(18(14)26-17)21-20-13-8-10-23(4)11-9-13;1-3-8-5-10(18)9-4-7(2)19-12(9)11(8)16-17-13-14-6-15-20-13;1-7-6-8-10(16)3-2-9(11(8)18-7)14-15-12-13-4-5-17-12;1-6-4-7-9(16)3-2-8(10(7)17-6)14-15-11-12-5-13-18-11;2-1-3/h6-12H,5H2,1-4H3;4-6,18H,3H2,1-2H3;2-6,16H,1H3;2-5,16H,1H3;/q+1;;;;. The highest BCUT2D eigenvalue weighted by atomic mass is 32.1. The lowest BCUT2D eigenvalue weighted by atomic mass is 10.1. The maximum atomic E-state index is 12.1. The fraction of sp³-hybridized carbons (Fsp3) is 0.179. The number of fused-ring (bicyclic) bond motifs is 4. The van der Waals surface area contributed by atoms with E-state index in [9.17, 15) is 20.1 Å². The molecule has 85 heavy (non-hydrogen) atoms. The highest BCUT2D eigenvalue weighted by molar-refractivity contribution is 7.21. The zero-order valence-corrected chi connectivity index (χ0v) is 52.1. The van der Waals surface area contributed by atoms with Crippen molar-refractivity contribution in [1.29, 1.82) is 0 Å². The van der Waals surface area contributed by atoms with Gasteiger partial charge in [-0.15, -0.1) is 92.5 Å². The molecule has 4 aromatic carbocycles. The van der Waals surface area contributed by atoms with Crippen LogP contribution in [0.4, 0.5) is 49.5 Å². The highest BCUT2D eigenvalue weighted by Gasteiger charge is 2.18. The predicted molar refractivity (Wildman–Crippen MR) is 337 cm³/mol. The van der Waals surface area contributed by atoms with E-state index in [4.69, 9.17) is 14.3 Å². The number of carbonyl (C=O) groups excluding carboxylic acids is 3. The number of hydrogen-bond acceptors (Lipinski definition) is 28. The molecule has 0 saturated carbocycles. The molecule has 0 fully saturated rings. The van der Waals surface area contributed by atoms with Gasteiger partial charge in [-0.05, 0) is 106 Å². The molecule has 0 aliphatic heterocycles. The van der Waals surface area contributed by atoms with Crippen LogP contribution in [0.2, 0.25) is 0 Å². The molecule has 0 unspecified atom stereocenters. The molecule has 0 amide bonds. The molecule has 22 nitrogen and oxygen atoms in total. The molecule has 12 aromatic rings. The van der Waals surface area contributed by atoms with Crippen LogP contribution in [0, 0.1) is 20.8 Å². The largest absolute Gasteiger partial charge is 0.507 e. The minimum atomic E-state index is -0.308. The predicted octanol–water partition coefficient (Wildman–Crippen LogP) is 17.5. The molecule has 432 valence electrons. The number of azo groups is 4. The maximum Gasteiger partial charge on any atom is 0.373 e. The molecular weight excluding hydrogens is 1220 g/mol. The van der Waals surface area contributed by atoms with Gasteiger partial charge in [-0.25, -0.2) is 24.3 Å². The van der Waals surface area contributed by atoms with E-state index in [0.717, 1.165) is 101 Å². The van der Waals surface area contributed by atoms with Crippen molar-refractivity contribution >= 4 is 182 Å². The summed E-state index contributed by atoms with van der Waals surface area (Å²) in [5.74, 6) is 0.541. The third-order valence-electron chi connectivity index (χ3n) is 11.5. The first kappa shape index (κ1) is 62.1. The average Bonchev–Trinajstić information content (AvgIpc) is 4.20. The number of nitrogens with zero attached hydrogens (tertiary/aromatic N) is 15. The SMILES string of the molecule is CCOC(=O)c1cc2c(N(C)C)ccc(N=Nc3cc[n+](C)cc3)c2s1.CCc1cc(O)c2cc(C)sc2c1N=Nc1ncns1.Cc1cc2c(O)ccc(N=Nc3nccs3)c2s1.Cc1cc2c(O)ccc(N=Nc3ncns3)c2s1.O=C=O. The highest BCUT2D eigenvalue weighted by Crippen LogP contribution is 2.44. The molecule has 0 aliphatic rings. The number of phenols is 3. The van der Waals surface area contributed by atoms with E-state index in [-0.39, 0.29) is 23.6 Å². The summed E-state index contributed by atoms with van der Waals surface area (Å²) in [4.78, 5) is 46.3. The van der Waals surface area contributed by atoms with Gasteiger partial charge < -0.3 is 25.0 Å². The molecule has 8 aromatic heterocycles. The van der Waals surface area contributed by atoms with Gasteiger partial charge in [-0.3, -0.25) is 0 Å². The fourth-order valence-electron chi connectivity index (χ4n) is 7.82. The Bertz CT molecular complexity index is 4250. The number of phenolic OH excluding ortho intramolecular Hbond substituents is 3. The second-order valence-electron chi connectivity index (χ2n) is 17.7. The summed E-state index contributed by atoms with van der Waals surface area (Å²) >= 11 is 10.0. The number of aromatic hydroxyl groups is 3. The Morgan fingerprint density at radius 2 is 1.11 bits per heavy atom. The number of aryl methyl sites for hydroxylation is 5.